The highest BCUT2D eigenvalue weighted by Crippen LogP contribution is 2.50. The van der Waals surface area contributed by atoms with Crippen LogP contribution in [0.15, 0.2) is 24.3 Å². The lowest BCUT2D eigenvalue weighted by Gasteiger charge is -2.33. The lowest BCUT2D eigenvalue weighted by atomic mass is 9.90. The van der Waals surface area contributed by atoms with E-state index < -0.39 is 0 Å². The Kier molecular flexibility index (Phi) is 3.48. The summed E-state index contributed by atoms with van der Waals surface area (Å²) >= 11 is 0. The summed E-state index contributed by atoms with van der Waals surface area (Å²) in [5.74, 6) is 2.68. The van der Waals surface area contributed by atoms with Crippen LogP contribution in [-0.4, -0.2) is 47.9 Å². The number of nitrogens with zero attached hydrogens (tertiary/aromatic N) is 2. The molecule has 1 aromatic carbocycles. The average molecular weight is 324 g/mol. The molecular weight excluding hydrogens is 296 g/mol. The normalized spacial score (nSPS) is 38.0. The van der Waals surface area contributed by atoms with Crippen molar-refractivity contribution in [1.82, 2.24) is 9.80 Å². The van der Waals surface area contributed by atoms with Crippen molar-refractivity contribution in [3.8, 4) is 0 Å². The van der Waals surface area contributed by atoms with Crippen LogP contribution < -0.4 is 0 Å². The zero-order valence-electron chi connectivity index (χ0n) is 14.7. The van der Waals surface area contributed by atoms with E-state index in [1.54, 1.807) is 0 Å². The fraction of sp³-hybridized carbons (Fsp3) is 0.667. The molecule has 3 saturated heterocycles. The standard InChI is InChI=1S/C21H28N2O/c1-14-6-2-3-7-16(14)17-10-18(17)21(24)23-12-15-11-22-9-5-4-8-20(22)19(15)13-23/h2-3,6-7,15,17-20H,4-5,8-13H2,1H3. The monoisotopic (exact) mass is 324 g/mol. The summed E-state index contributed by atoms with van der Waals surface area (Å²) in [5, 5.41) is 0. The third-order valence-corrected chi connectivity index (χ3v) is 7.13. The molecule has 0 spiro atoms. The SMILES string of the molecule is Cc1ccccc1C1CC1C(=O)N1CC2CN3CCCCC3C2C1. The minimum absolute atomic E-state index is 0.257. The predicted molar refractivity (Wildman–Crippen MR) is 94.8 cm³/mol. The first kappa shape index (κ1) is 14.9. The van der Waals surface area contributed by atoms with E-state index in [9.17, 15) is 4.79 Å². The number of piperidine rings is 1. The number of amides is 1. The molecule has 1 aliphatic carbocycles. The van der Waals surface area contributed by atoms with Gasteiger partial charge in [-0.1, -0.05) is 30.7 Å². The molecule has 1 amide bonds. The van der Waals surface area contributed by atoms with Gasteiger partial charge in [0.05, 0.1) is 0 Å². The average Bonchev–Trinajstić information content (AvgIpc) is 3.15. The van der Waals surface area contributed by atoms with Crippen molar-refractivity contribution < 1.29 is 4.79 Å². The third kappa shape index (κ3) is 2.32. The van der Waals surface area contributed by atoms with Crippen molar-refractivity contribution in [3.63, 3.8) is 0 Å². The highest BCUT2D eigenvalue weighted by Gasteiger charge is 2.52. The topological polar surface area (TPSA) is 23.6 Å². The van der Waals surface area contributed by atoms with Crippen molar-refractivity contribution in [3.05, 3.63) is 35.4 Å². The van der Waals surface area contributed by atoms with Gasteiger partial charge in [0.25, 0.3) is 0 Å². The van der Waals surface area contributed by atoms with Gasteiger partial charge in [0.2, 0.25) is 5.91 Å². The first-order chi connectivity index (χ1) is 11.7. The Bertz CT molecular complexity index is 657. The van der Waals surface area contributed by atoms with Gasteiger partial charge in [0, 0.05) is 31.6 Å². The molecule has 3 nitrogen and oxygen atoms in total. The molecule has 0 bridgehead atoms. The van der Waals surface area contributed by atoms with E-state index in [4.69, 9.17) is 0 Å². The van der Waals surface area contributed by atoms with E-state index >= 15 is 0 Å². The number of likely N-dealkylation sites (tertiary alicyclic amines) is 1. The summed E-state index contributed by atoms with van der Waals surface area (Å²) in [6, 6.07) is 9.36. The molecule has 3 heterocycles. The zero-order valence-corrected chi connectivity index (χ0v) is 14.7. The number of benzene rings is 1. The lowest BCUT2D eigenvalue weighted by molar-refractivity contribution is -0.132. The lowest BCUT2D eigenvalue weighted by Crippen LogP contribution is -2.41. The van der Waals surface area contributed by atoms with Crippen LogP contribution in [0.25, 0.3) is 0 Å². The van der Waals surface area contributed by atoms with Crippen molar-refractivity contribution in [2.75, 3.05) is 26.2 Å². The largest absolute Gasteiger partial charge is 0.342 e. The molecule has 5 atom stereocenters. The summed E-state index contributed by atoms with van der Waals surface area (Å²) in [6.07, 6.45) is 5.18. The fourth-order valence-corrected chi connectivity index (χ4v) is 5.78. The molecule has 128 valence electrons. The minimum atomic E-state index is 0.257. The second-order valence-electron chi connectivity index (χ2n) is 8.53. The van der Waals surface area contributed by atoms with Gasteiger partial charge < -0.3 is 4.90 Å². The highest BCUT2D eigenvalue weighted by molar-refractivity contribution is 5.83. The molecule has 3 heteroatoms. The maximum atomic E-state index is 13.0. The number of hydrogen-bond donors (Lipinski definition) is 0. The van der Waals surface area contributed by atoms with Gasteiger partial charge in [0.15, 0.2) is 0 Å². The number of carbonyl (C=O) groups excluding carboxylic acids is 1. The van der Waals surface area contributed by atoms with Gasteiger partial charge in [0.1, 0.15) is 0 Å². The van der Waals surface area contributed by atoms with Crippen LogP contribution in [0.5, 0.6) is 0 Å². The smallest absolute Gasteiger partial charge is 0.226 e. The molecule has 5 rings (SSSR count). The Morgan fingerprint density at radius 2 is 2.00 bits per heavy atom. The van der Waals surface area contributed by atoms with Crippen LogP contribution in [0.4, 0.5) is 0 Å². The van der Waals surface area contributed by atoms with E-state index in [1.165, 1.54) is 43.5 Å². The molecule has 0 aromatic heterocycles. The van der Waals surface area contributed by atoms with Crippen molar-refractivity contribution in [2.45, 2.75) is 44.6 Å². The summed E-state index contributed by atoms with van der Waals surface area (Å²) in [6.45, 7) is 6.76. The minimum Gasteiger partial charge on any atom is -0.342 e. The van der Waals surface area contributed by atoms with E-state index in [2.05, 4.69) is 41.0 Å². The van der Waals surface area contributed by atoms with Gasteiger partial charge >= 0.3 is 0 Å². The Labute approximate surface area is 145 Å². The van der Waals surface area contributed by atoms with E-state index in [0.29, 0.717) is 11.8 Å². The van der Waals surface area contributed by atoms with Crippen LogP contribution in [0, 0.1) is 24.7 Å². The molecule has 1 saturated carbocycles. The molecule has 5 unspecified atom stereocenters. The van der Waals surface area contributed by atoms with Gasteiger partial charge in [-0.15, -0.1) is 0 Å². The van der Waals surface area contributed by atoms with Crippen LogP contribution >= 0.6 is 0 Å². The fourth-order valence-electron chi connectivity index (χ4n) is 5.78. The van der Waals surface area contributed by atoms with Gasteiger partial charge in [-0.05, 0) is 61.6 Å². The van der Waals surface area contributed by atoms with Crippen molar-refractivity contribution >= 4 is 5.91 Å². The van der Waals surface area contributed by atoms with Crippen LogP contribution in [0.1, 0.15) is 42.7 Å². The molecule has 4 aliphatic rings. The van der Waals surface area contributed by atoms with E-state index in [1.807, 2.05) is 0 Å². The molecule has 4 fully saturated rings. The highest BCUT2D eigenvalue weighted by atomic mass is 16.2. The summed E-state index contributed by atoms with van der Waals surface area (Å²) in [4.78, 5) is 17.9. The second-order valence-corrected chi connectivity index (χ2v) is 8.53. The first-order valence-electron chi connectivity index (χ1n) is 9.81. The number of aryl methyl sites for hydroxylation is 1. The zero-order chi connectivity index (χ0) is 16.3. The number of fused-ring (bicyclic) bond motifs is 3. The van der Waals surface area contributed by atoms with Crippen LogP contribution in [0.2, 0.25) is 0 Å². The van der Waals surface area contributed by atoms with Crippen LogP contribution in [-0.2, 0) is 4.79 Å². The number of carbonyl (C=O) groups is 1. The first-order valence-corrected chi connectivity index (χ1v) is 9.81. The Balaban J connectivity index is 1.25. The Morgan fingerprint density at radius 3 is 2.88 bits per heavy atom. The Morgan fingerprint density at radius 1 is 1.12 bits per heavy atom. The molecule has 0 radical (unpaired) electrons. The van der Waals surface area contributed by atoms with E-state index in [-0.39, 0.29) is 5.92 Å². The van der Waals surface area contributed by atoms with Gasteiger partial charge in [-0.25, -0.2) is 0 Å². The molecule has 24 heavy (non-hydrogen) atoms. The summed E-state index contributed by atoms with van der Waals surface area (Å²) in [7, 11) is 0. The quantitative estimate of drug-likeness (QED) is 0.835. The third-order valence-electron chi connectivity index (χ3n) is 7.13. The maximum absolute atomic E-state index is 13.0. The number of hydrogen-bond acceptors (Lipinski definition) is 2. The molecular formula is C21H28N2O. The van der Waals surface area contributed by atoms with Gasteiger partial charge in [-0.2, -0.15) is 0 Å². The molecule has 3 aliphatic heterocycles. The summed E-state index contributed by atoms with van der Waals surface area (Å²) in [5.41, 5.74) is 2.74. The van der Waals surface area contributed by atoms with Crippen molar-refractivity contribution in [1.29, 1.82) is 0 Å². The second kappa shape index (κ2) is 5.59. The summed E-state index contributed by atoms with van der Waals surface area (Å²) < 4.78 is 0. The van der Waals surface area contributed by atoms with Gasteiger partial charge in [-0.3, -0.25) is 9.69 Å². The van der Waals surface area contributed by atoms with Crippen molar-refractivity contribution in [2.24, 2.45) is 17.8 Å². The maximum Gasteiger partial charge on any atom is 0.226 e. The predicted octanol–water partition coefficient (Wildman–Crippen LogP) is 3.04. The van der Waals surface area contributed by atoms with E-state index in [0.717, 1.165) is 37.4 Å². The molecule has 0 N–H and O–H groups in total. The Hall–Kier alpha value is -1.35. The van der Waals surface area contributed by atoms with Crippen LogP contribution in [0.3, 0.4) is 0 Å². The molecule has 1 aromatic rings. The number of rotatable bonds is 2.